The van der Waals surface area contributed by atoms with Crippen LogP contribution in [0.25, 0.3) is 16.9 Å². The van der Waals surface area contributed by atoms with Crippen LogP contribution in [0.4, 0.5) is 5.69 Å². The fourth-order valence-corrected chi connectivity index (χ4v) is 3.02. The van der Waals surface area contributed by atoms with Gasteiger partial charge in [0.05, 0.1) is 16.4 Å². The van der Waals surface area contributed by atoms with E-state index >= 15 is 0 Å². The van der Waals surface area contributed by atoms with Crippen molar-refractivity contribution in [1.82, 2.24) is 15.1 Å². The van der Waals surface area contributed by atoms with Crippen molar-refractivity contribution in [2.75, 3.05) is 5.32 Å². The highest BCUT2D eigenvalue weighted by molar-refractivity contribution is 6.33. The second-order valence-electron chi connectivity index (χ2n) is 6.39. The van der Waals surface area contributed by atoms with Gasteiger partial charge < -0.3 is 10.6 Å². The molecule has 0 saturated carbocycles. The minimum absolute atomic E-state index is 0.154. The fourth-order valence-electron chi connectivity index (χ4n) is 2.75. The highest BCUT2D eigenvalue weighted by Gasteiger charge is 2.12. The number of amides is 2. The quantitative estimate of drug-likeness (QED) is 0.675. The zero-order valence-electron chi connectivity index (χ0n) is 15.9. The standard InChI is InChI=1S/C21H19ClN4O3/c1-13(27)23-12-16-4-3-5-19(21(16)22)26-20(29)11-10-18(25-26)15-6-8-17(9-7-15)24-14(2)28/h3-11H,12H2,1-2H3,(H,23,27)(H,24,28). The van der Waals surface area contributed by atoms with Crippen LogP contribution < -0.4 is 16.2 Å². The van der Waals surface area contributed by atoms with Crippen molar-refractivity contribution in [1.29, 1.82) is 0 Å². The highest BCUT2D eigenvalue weighted by atomic mass is 35.5. The van der Waals surface area contributed by atoms with Crippen molar-refractivity contribution < 1.29 is 9.59 Å². The van der Waals surface area contributed by atoms with E-state index in [0.29, 0.717) is 27.7 Å². The van der Waals surface area contributed by atoms with Crippen LogP contribution in [-0.4, -0.2) is 21.6 Å². The van der Waals surface area contributed by atoms with Crippen LogP contribution in [0, 0.1) is 0 Å². The third-order valence-corrected chi connectivity index (χ3v) is 4.55. The first-order chi connectivity index (χ1) is 13.8. The van der Waals surface area contributed by atoms with Crippen molar-refractivity contribution in [3.8, 4) is 16.9 Å². The summed E-state index contributed by atoms with van der Waals surface area (Å²) in [4.78, 5) is 34.8. The minimum Gasteiger partial charge on any atom is -0.352 e. The molecule has 0 bridgehead atoms. The molecule has 0 atom stereocenters. The molecule has 1 aromatic heterocycles. The lowest BCUT2D eigenvalue weighted by Crippen LogP contribution is -2.22. The maximum absolute atomic E-state index is 12.4. The topological polar surface area (TPSA) is 93.1 Å². The number of nitrogens with one attached hydrogen (secondary N) is 2. The molecule has 0 aliphatic carbocycles. The lowest BCUT2D eigenvalue weighted by Gasteiger charge is -2.12. The molecule has 148 valence electrons. The van der Waals surface area contributed by atoms with Crippen molar-refractivity contribution in [3.05, 3.63) is 75.5 Å². The summed E-state index contributed by atoms with van der Waals surface area (Å²) in [7, 11) is 0. The minimum atomic E-state index is -0.331. The molecule has 0 fully saturated rings. The molecule has 0 unspecified atom stereocenters. The van der Waals surface area contributed by atoms with Crippen LogP contribution in [0.1, 0.15) is 19.4 Å². The summed E-state index contributed by atoms with van der Waals surface area (Å²) in [5.41, 5.74) is 2.79. The molecule has 0 saturated heterocycles. The fraction of sp³-hybridized carbons (Fsp3) is 0.143. The zero-order valence-corrected chi connectivity index (χ0v) is 16.7. The summed E-state index contributed by atoms with van der Waals surface area (Å²) in [6, 6.07) is 15.4. The molecule has 7 nitrogen and oxygen atoms in total. The van der Waals surface area contributed by atoms with Crippen LogP contribution in [0.2, 0.25) is 5.02 Å². The van der Waals surface area contributed by atoms with Crippen molar-refractivity contribution in [2.24, 2.45) is 0 Å². The molecular weight excluding hydrogens is 392 g/mol. The third kappa shape index (κ3) is 4.89. The third-order valence-electron chi connectivity index (χ3n) is 4.12. The summed E-state index contributed by atoms with van der Waals surface area (Å²) >= 11 is 6.48. The van der Waals surface area contributed by atoms with Gasteiger partial charge in [0.1, 0.15) is 0 Å². The molecule has 3 rings (SSSR count). The molecule has 1 heterocycles. The largest absolute Gasteiger partial charge is 0.352 e. The number of rotatable bonds is 5. The lowest BCUT2D eigenvalue weighted by molar-refractivity contribution is -0.119. The summed E-state index contributed by atoms with van der Waals surface area (Å²) in [6.45, 7) is 3.11. The van der Waals surface area contributed by atoms with Gasteiger partial charge in [-0.1, -0.05) is 35.9 Å². The van der Waals surface area contributed by atoms with E-state index in [-0.39, 0.29) is 23.9 Å². The number of hydrogen-bond donors (Lipinski definition) is 2. The lowest BCUT2D eigenvalue weighted by atomic mass is 10.1. The van der Waals surface area contributed by atoms with E-state index in [1.807, 2.05) is 0 Å². The van der Waals surface area contributed by atoms with Gasteiger partial charge >= 0.3 is 0 Å². The van der Waals surface area contributed by atoms with Crippen LogP contribution in [0.3, 0.4) is 0 Å². The molecule has 2 N–H and O–H groups in total. The number of nitrogens with zero attached hydrogens (tertiary/aromatic N) is 2. The molecule has 8 heteroatoms. The van der Waals surface area contributed by atoms with Gasteiger partial charge in [0.2, 0.25) is 11.8 Å². The van der Waals surface area contributed by atoms with Gasteiger partial charge in [-0.25, -0.2) is 0 Å². The van der Waals surface area contributed by atoms with E-state index < -0.39 is 0 Å². The Morgan fingerprint density at radius 1 is 1.00 bits per heavy atom. The van der Waals surface area contributed by atoms with E-state index in [0.717, 1.165) is 5.56 Å². The number of carbonyl (C=O) groups excluding carboxylic acids is 2. The summed E-state index contributed by atoms with van der Waals surface area (Å²) < 4.78 is 1.23. The first kappa shape index (κ1) is 20.3. The average Bonchev–Trinajstić information content (AvgIpc) is 2.68. The predicted octanol–water partition coefficient (Wildman–Crippen LogP) is 3.15. The van der Waals surface area contributed by atoms with Crippen LogP contribution >= 0.6 is 11.6 Å². The Bertz CT molecular complexity index is 1120. The number of halogens is 1. The molecule has 0 aliphatic heterocycles. The summed E-state index contributed by atoms with van der Waals surface area (Å²) in [5, 5.41) is 10.2. The van der Waals surface area contributed by atoms with Crippen LogP contribution in [0.5, 0.6) is 0 Å². The average molecular weight is 411 g/mol. The van der Waals surface area contributed by atoms with Gasteiger partial charge in [-0.3, -0.25) is 14.4 Å². The van der Waals surface area contributed by atoms with Gasteiger partial charge in [0, 0.05) is 37.7 Å². The summed E-state index contributed by atoms with van der Waals surface area (Å²) in [5.74, 6) is -0.329. The maximum Gasteiger partial charge on any atom is 0.271 e. The van der Waals surface area contributed by atoms with E-state index in [1.165, 1.54) is 24.6 Å². The Hall–Kier alpha value is -3.45. The van der Waals surface area contributed by atoms with Crippen LogP contribution in [-0.2, 0) is 16.1 Å². The molecule has 0 radical (unpaired) electrons. The number of benzene rings is 2. The molecule has 0 aliphatic rings. The Balaban J connectivity index is 1.98. The van der Waals surface area contributed by atoms with Gasteiger partial charge in [-0.2, -0.15) is 9.78 Å². The second kappa shape index (κ2) is 8.70. The van der Waals surface area contributed by atoms with Crippen LogP contribution in [0.15, 0.2) is 59.4 Å². The summed E-state index contributed by atoms with van der Waals surface area (Å²) in [6.07, 6.45) is 0. The van der Waals surface area contributed by atoms with E-state index in [9.17, 15) is 14.4 Å². The number of aromatic nitrogens is 2. The van der Waals surface area contributed by atoms with Gasteiger partial charge in [-0.15, -0.1) is 0 Å². The monoisotopic (exact) mass is 410 g/mol. The Labute approximate surface area is 172 Å². The first-order valence-electron chi connectivity index (χ1n) is 8.86. The Kier molecular flexibility index (Phi) is 6.09. The molecule has 0 spiro atoms. The van der Waals surface area contributed by atoms with E-state index in [4.69, 9.17) is 11.6 Å². The first-order valence-corrected chi connectivity index (χ1v) is 9.23. The highest BCUT2D eigenvalue weighted by Crippen LogP contribution is 2.25. The van der Waals surface area contributed by atoms with E-state index in [1.54, 1.807) is 48.5 Å². The SMILES string of the molecule is CC(=O)NCc1cccc(-n2nc(-c3ccc(NC(C)=O)cc3)ccc2=O)c1Cl. The molecule has 2 aromatic carbocycles. The molecule has 29 heavy (non-hydrogen) atoms. The van der Waals surface area contributed by atoms with Crippen molar-refractivity contribution in [3.63, 3.8) is 0 Å². The molecule has 2 amide bonds. The van der Waals surface area contributed by atoms with Crippen molar-refractivity contribution >= 4 is 29.1 Å². The Morgan fingerprint density at radius 3 is 2.38 bits per heavy atom. The van der Waals surface area contributed by atoms with Gasteiger partial charge in [0.15, 0.2) is 0 Å². The zero-order chi connectivity index (χ0) is 21.0. The Morgan fingerprint density at radius 2 is 1.72 bits per heavy atom. The van der Waals surface area contributed by atoms with Gasteiger partial charge in [-0.05, 0) is 29.8 Å². The molecule has 3 aromatic rings. The maximum atomic E-state index is 12.4. The smallest absolute Gasteiger partial charge is 0.271 e. The predicted molar refractivity (Wildman–Crippen MR) is 112 cm³/mol. The normalized spacial score (nSPS) is 10.4. The van der Waals surface area contributed by atoms with Crippen molar-refractivity contribution in [2.45, 2.75) is 20.4 Å². The molecular formula is C21H19ClN4O3. The second-order valence-corrected chi connectivity index (χ2v) is 6.77. The van der Waals surface area contributed by atoms with E-state index in [2.05, 4.69) is 15.7 Å². The number of hydrogen-bond acceptors (Lipinski definition) is 4. The van der Waals surface area contributed by atoms with Gasteiger partial charge in [0.25, 0.3) is 5.56 Å². The number of carbonyl (C=O) groups is 2. The number of anilines is 1.